The summed E-state index contributed by atoms with van der Waals surface area (Å²) in [5.41, 5.74) is 1.14. The van der Waals surface area contributed by atoms with Crippen LogP contribution in [0.4, 0.5) is 4.39 Å². The first kappa shape index (κ1) is 14.3. The Labute approximate surface area is 115 Å². The molecule has 0 amide bonds. The maximum Gasteiger partial charge on any atom is 0.165 e. The van der Waals surface area contributed by atoms with Gasteiger partial charge >= 0.3 is 0 Å². The molecule has 0 radical (unpaired) electrons. The molecule has 0 aromatic heterocycles. The van der Waals surface area contributed by atoms with Gasteiger partial charge in [-0.05, 0) is 43.0 Å². The number of rotatable bonds is 7. The fraction of sp³-hybridized carbons (Fsp3) is 0.625. The predicted molar refractivity (Wildman–Crippen MR) is 75.9 cm³/mol. The van der Waals surface area contributed by atoms with Gasteiger partial charge in [-0.3, -0.25) is 0 Å². The predicted octanol–water partition coefficient (Wildman–Crippen LogP) is 4.07. The summed E-state index contributed by atoms with van der Waals surface area (Å²) in [6.45, 7) is 3.16. The van der Waals surface area contributed by atoms with Crippen molar-refractivity contribution in [2.75, 3.05) is 13.7 Å². The van der Waals surface area contributed by atoms with E-state index in [1.54, 1.807) is 0 Å². The quantitative estimate of drug-likeness (QED) is 0.802. The Balaban J connectivity index is 2.10. The van der Waals surface area contributed by atoms with Gasteiger partial charge in [0.05, 0.1) is 7.11 Å². The molecule has 0 aliphatic heterocycles. The van der Waals surface area contributed by atoms with Crippen molar-refractivity contribution in [1.82, 2.24) is 5.32 Å². The van der Waals surface area contributed by atoms with Crippen LogP contribution in [-0.2, 0) is 0 Å². The van der Waals surface area contributed by atoms with Gasteiger partial charge in [0.25, 0.3) is 0 Å². The number of hydrogen-bond acceptors (Lipinski definition) is 2. The van der Waals surface area contributed by atoms with Gasteiger partial charge in [-0.15, -0.1) is 0 Å². The largest absolute Gasteiger partial charge is 0.494 e. The molecule has 1 aromatic carbocycles. The Kier molecular flexibility index (Phi) is 5.20. The molecule has 1 saturated carbocycles. The van der Waals surface area contributed by atoms with Crippen molar-refractivity contribution >= 4 is 0 Å². The normalized spacial score (nSPS) is 17.0. The van der Waals surface area contributed by atoms with E-state index in [1.807, 2.05) is 12.1 Å². The van der Waals surface area contributed by atoms with Gasteiger partial charge < -0.3 is 10.1 Å². The van der Waals surface area contributed by atoms with Gasteiger partial charge in [0.1, 0.15) is 0 Å². The molecule has 1 aliphatic carbocycles. The van der Waals surface area contributed by atoms with Crippen molar-refractivity contribution in [3.05, 3.63) is 29.6 Å². The molecule has 19 heavy (non-hydrogen) atoms. The van der Waals surface area contributed by atoms with Crippen molar-refractivity contribution < 1.29 is 9.13 Å². The van der Waals surface area contributed by atoms with Crippen LogP contribution in [0, 0.1) is 11.7 Å². The van der Waals surface area contributed by atoms with E-state index in [0.29, 0.717) is 11.8 Å². The lowest BCUT2D eigenvalue weighted by Crippen LogP contribution is -2.26. The second kappa shape index (κ2) is 6.90. The Morgan fingerprint density at radius 3 is 2.79 bits per heavy atom. The second-order valence-corrected chi connectivity index (χ2v) is 5.43. The van der Waals surface area contributed by atoms with Crippen LogP contribution in [-0.4, -0.2) is 13.7 Å². The SMILES string of the molecule is CCCNC(CC1CCC1)c1ccc(F)c(OC)c1. The molecule has 0 bridgehead atoms. The average Bonchev–Trinajstić information content (AvgIpc) is 2.38. The van der Waals surface area contributed by atoms with Crippen LogP contribution in [0.25, 0.3) is 0 Å². The standard InChI is InChI=1S/C16H24FNO/c1-3-9-18-15(10-12-5-4-6-12)13-7-8-14(17)16(11-13)19-2/h7-8,11-12,15,18H,3-6,9-10H2,1-2H3. The van der Waals surface area contributed by atoms with Crippen molar-refractivity contribution in [2.45, 2.75) is 45.1 Å². The lowest BCUT2D eigenvalue weighted by Gasteiger charge is -2.30. The molecule has 1 N–H and O–H groups in total. The van der Waals surface area contributed by atoms with Crippen LogP contribution >= 0.6 is 0 Å². The summed E-state index contributed by atoms with van der Waals surface area (Å²) in [4.78, 5) is 0. The zero-order valence-electron chi connectivity index (χ0n) is 11.9. The molecule has 106 valence electrons. The number of nitrogens with one attached hydrogen (secondary N) is 1. The first-order valence-corrected chi connectivity index (χ1v) is 7.31. The fourth-order valence-electron chi connectivity index (χ4n) is 2.61. The van der Waals surface area contributed by atoms with E-state index in [2.05, 4.69) is 12.2 Å². The molecule has 2 nitrogen and oxygen atoms in total. The summed E-state index contributed by atoms with van der Waals surface area (Å²) < 4.78 is 18.6. The molecule has 0 spiro atoms. The summed E-state index contributed by atoms with van der Waals surface area (Å²) in [7, 11) is 1.52. The van der Waals surface area contributed by atoms with Gasteiger partial charge in [0.2, 0.25) is 0 Å². The number of halogens is 1. The second-order valence-electron chi connectivity index (χ2n) is 5.43. The fourth-order valence-corrected chi connectivity index (χ4v) is 2.61. The highest BCUT2D eigenvalue weighted by Crippen LogP contribution is 2.35. The Morgan fingerprint density at radius 1 is 1.42 bits per heavy atom. The number of methoxy groups -OCH3 is 1. The molecular formula is C16H24FNO. The van der Waals surface area contributed by atoms with Crippen molar-refractivity contribution in [2.24, 2.45) is 5.92 Å². The highest BCUT2D eigenvalue weighted by atomic mass is 19.1. The topological polar surface area (TPSA) is 21.3 Å². The number of hydrogen-bond donors (Lipinski definition) is 1. The molecule has 3 heteroatoms. The third kappa shape index (κ3) is 3.69. The molecule has 2 rings (SSSR count). The van der Waals surface area contributed by atoms with Crippen LogP contribution in [0.1, 0.15) is 50.6 Å². The minimum atomic E-state index is -0.288. The van der Waals surface area contributed by atoms with Gasteiger partial charge in [0.15, 0.2) is 11.6 Å². The first-order chi connectivity index (χ1) is 9.24. The zero-order valence-corrected chi connectivity index (χ0v) is 11.9. The number of benzene rings is 1. The first-order valence-electron chi connectivity index (χ1n) is 7.31. The molecule has 1 atom stereocenters. The van der Waals surface area contributed by atoms with E-state index in [9.17, 15) is 4.39 Å². The van der Waals surface area contributed by atoms with Gasteiger partial charge in [0, 0.05) is 6.04 Å². The molecule has 1 fully saturated rings. The van der Waals surface area contributed by atoms with Crippen LogP contribution in [0.5, 0.6) is 5.75 Å². The van der Waals surface area contributed by atoms with E-state index in [4.69, 9.17) is 4.74 Å². The summed E-state index contributed by atoms with van der Waals surface area (Å²) in [6.07, 6.45) is 6.29. The Hall–Kier alpha value is -1.09. The van der Waals surface area contributed by atoms with E-state index in [1.165, 1.54) is 32.4 Å². The van der Waals surface area contributed by atoms with Crippen LogP contribution in [0.3, 0.4) is 0 Å². The molecule has 1 aliphatic rings. The average molecular weight is 265 g/mol. The molecule has 1 unspecified atom stereocenters. The highest BCUT2D eigenvalue weighted by Gasteiger charge is 2.23. The van der Waals surface area contributed by atoms with E-state index in [-0.39, 0.29) is 5.82 Å². The van der Waals surface area contributed by atoms with Crippen LogP contribution in [0.15, 0.2) is 18.2 Å². The van der Waals surface area contributed by atoms with Crippen molar-refractivity contribution in [1.29, 1.82) is 0 Å². The lowest BCUT2D eigenvalue weighted by molar-refractivity contribution is 0.260. The van der Waals surface area contributed by atoms with Crippen molar-refractivity contribution in [3.63, 3.8) is 0 Å². The number of ether oxygens (including phenoxy) is 1. The highest BCUT2D eigenvalue weighted by molar-refractivity contribution is 5.32. The van der Waals surface area contributed by atoms with Gasteiger partial charge in [-0.2, -0.15) is 0 Å². The van der Waals surface area contributed by atoms with E-state index < -0.39 is 0 Å². The lowest BCUT2D eigenvalue weighted by atomic mass is 9.79. The maximum absolute atomic E-state index is 13.5. The molecule has 1 aromatic rings. The minimum Gasteiger partial charge on any atom is -0.494 e. The summed E-state index contributed by atoms with van der Waals surface area (Å²) in [5.74, 6) is 0.879. The summed E-state index contributed by atoms with van der Waals surface area (Å²) in [5, 5.41) is 3.58. The monoisotopic (exact) mass is 265 g/mol. The molecular weight excluding hydrogens is 241 g/mol. The van der Waals surface area contributed by atoms with Crippen LogP contribution < -0.4 is 10.1 Å². The molecule has 0 saturated heterocycles. The summed E-state index contributed by atoms with van der Waals surface area (Å²) in [6, 6.07) is 5.54. The smallest absolute Gasteiger partial charge is 0.165 e. The van der Waals surface area contributed by atoms with E-state index >= 15 is 0 Å². The minimum absolute atomic E-state index is 0.288. The Bertz CT molecular complexity index is 404. The van der Waals surface area contributed by atoms with Gasteiger partial charge in [-0.25, -0.2) is 4.39 Å². The Morgan fingerprint density at radius 2 is 2.21 bits per heavy atom. The van der Waals surface area contributed by atoms with Crippen molar-refractivity contribution in [3.8, 4) is 5.75 Å². The summed E-state index contributed by atoms with van der Waals surface area (Å²) >= 11 is 0. The zero-order chi connectivity index (χ0) is 13.7. The third-order valence-electron chi connectivity index (χ3n) is 4.01. The van der Waals surface area contributed by atoms with Gasteiger partial charge in [-0.1, -0.05) is 32.3 Å². The third-order valence-corrected chi connectivity index (χ3v) is 4.01. The molecule has 0 heterocycles. The van der Waals surface area contributed by atoms with Crippen LogP contribution in [0.2, 0.25) is 0 Å². The maximum atomic E-state index is 13.5. The van der Waals surface area contributed by atoms with E-state index in [0.717, 1.165) is 30.9 Å².